The lowest BCUT2D eigenvalue weighted by Gasteiger charge is -2.43. The number of hydrogen-bond donors (Lipinski definition) is 0. The minimum atomic E-state index is -0.537. The number of carbonyl (C=O) groups excluding carboxylic acids is 1. The van der Waals surface area contributed by atoms with Crippen LogP contribution in [0.4, 0.5) is 9.18 Å². The van der Waals surface area contributed by atoms with Crippen LogP contribution in [0.5, 0.6) is 0 Å². The molecule has 29 heavy (non-hydrogen) atoms. The first kappa shape index (κ1) is 20.2. The van der Waals surface area contributed by atoms with E-state index in [1.165, 1.54) is 17.2 Å². The van der Waals surface area contributed by atoms with E-state index < -0.39 is 5.60 Å². The lowest BCUT2D eigenvalue weighted by atomic mass is 9.64. The van der Waals surface area contributed by atoms with E-state index in [1.807, 2.05) is 43.9 Å². The van der Waals surface area contributed by atoms with Gasteiger partial charge in [0.05, 0.1) is 0 Å². The molecule has 2 aromatic carbocycles. The van der Waals surface area contributed by atoms with Crippen LogP contribution in [0.3, 0.4) is 0 Å². The number of amides is 1. The van der Waals surface area contributed by atoms with E-state index in [9.17, 15) is 9.18 Å². The Labute approximate surface area is 176 Å². The fraction of sp³-hybridized carbons (Fsp3) is 0.458. The fourth-order valence-corrected chi connectivity index (χ4v) is 5.28. The molecule has 1 heterocycles. The topological polar surface area (TPSA) is 29.5 Å². The maximum atomic E-state index is 13.9. The van der Waals surface area contributed by atoms with E-state index >= 15 is 0 Å². The normalized spacial score (nSPS) is 23.5. The summed E-state index contributed by atoms with van der Waals surface area (Å²) in [6.07, 6.45) is 2.96. The Kier molecular flexibility index (Phi) is 5.10. The summed E-state index contributed by atoms with van der Waals surface area (Å²) in [4.78, 5) is 14.8. The molecule has 5 heteroatoms. The summed E-state index contributed by atoms with van der Waals surface area (Å²) >= 11 is 6.26. The number of ether oxygens (including phenoxy) is 1. The fourth-order valence-electron chi connectivity index (χ4n) is 5.09. The molecule has 154 valence electrons. The third-order valence-electron chi connectivity index (χ3n) is 6.14. The highest BCUT2D eigenvalue weighted by molar-refractivity contribution is 6.30. The van der Waals surface area contributed by atoms with Crippen molar-refractivity contribution in [1.29, 1.82) is 0 Å². The molecular formula is C24H27ClFNO2. The highest BCUT2D eigenvalue weighted by atomic mass is 35.5. The first-order chi connectivity index (χ1) is 13.7. The molecule has 4 rings (SSSR count). The number of hydrogen-bond acceptors (Lipinski definition) is 2. The molecule has 1 aliphatic carbocycles. The highest BCUT2D eigenvalue weighted by Crippen LogP contribution is 2.49. The molecule has 1 amide bonds. The van der Waals surface area contributed by atoms with Crippen LogP contribution < -0.4 is 0 Å². The number of benzene rings is 2. The summed E-state index contributed by atoms with van der Waals surface area (Å²) in [6.45, 7) is 6.30. The van der Waals surface area contributed by atoms with Gasteiger partial charge in [-0.25, -0.2) is 9.18 Å². The smallest absolute Gasteiger partial charge is 0.410 e. The van der Waals surface area contributed by atoms with Gasteiger partial charge in [-0.1, -0.05) is 29.8 Å². The summed E-state index contributed by atoms with van der Waals surface area (Å²) in [6, 6.07) is 12.9. The van der Waals surface area contributed by atoms with Gasteiger partial charge in [-0.3, -0.25) is 0 Å². The van der Waals surface area contributed by atoms with Gasteiger partial charge in [0.25, 0.3) is 0 Å². The summed E-state index contributed by atoms with van der Waals surface area (Å²) in [5, 5.41) is 0.727. The lowest BCUT2D eigenvalue weighted by molar-refractivity contribution is 0.0180. The second-order valence-electron chi connectivity index (χ2n) is 9.24. The van der Waals surface area contributed by atoms with Gasteiger partial charge in [-0.05, 0) is 87.4 Å². The molecule has 0 bridgehead atoms. The van der Waals surface area contributed by atoms with Gasteiger partial charge in [-0.15, -0.1) is 0 Å². The van der Waals surface area contributed by atoms with Crippen molar-refractivity contribution >= 4 is 17.7 Å². The zero-order valence-corrected chi connectivity index (χ0v) is 17.9. The average molecular weight is 416 g/mol. The quantitative estimate of drug-likeness (QED) is 0.609. The molecule has 1 saturated heterocycles. The van der Waals surface area contributed by atoms with Crippen LogP contribution in [-0.4, -0.2) is 29.2 Å². The largest absolute Gasteiger partial charge is 0.444 e. The number of carbonyl (C=O) groups is 1. The summed E-state index contributed by atoms with van der Waals surface area (Å²) in [5.74, 6) is -0.232. The van der Waals surface area contributed by atoms with Crippen LogP contribution in [0.1, 0.15) is 50.3 Å². The molecule has 0 N–H and O–H groups in total. The van der Waals surface area contributed by atoms with Crippen LogP contribution >= 0.6 is 11.6 Å². The average Bonchev–Trinajstić information content (AvgIpc) is 2.99. The zero-order chi connectivity index (χ0) is 20.8. The van der Waals surface area contributed by atoms with Crippen molar-refractivity contribution in [3.63, 3.8) is 0 Å². The van der Waals surface area contributed by atoms with Gasteiger partial charge >= 0.3 is 6.09 Å². The molecule has 2 atom stereocenters. The van der Waals surface area contributed by atoms with Crippen molar-refractivity contribution < 1.29 is 13.9 Å². The van der Waals surface area contributed by atoms with Gasteiger partial charge in [0.1, 0.15) is 11.4 Å². The standard InChI is InChI=1S/C24H27ClFNO2/c1-23(2,3)29-22(28)27-12-11-24(15-16-5-4-6-19(26)13-16)20-9-8-18(25)14-17(20)7-10-21(24)27/h4-6,8-9,13-14,21H,7,10-12,15H2,1-3H3. The molecule has 1 aliphatic heterocycles. The molecule has 0 spiro atoms. The molecule has 2 aliphatic rings. The van der Waals surface area contributed by atoms with Crippen LogP contribution in [0.15, 0.2) is 42.5 Å². The predicted molar refractivity (Wildman–Crippen MR) is 113 cm³/mol. The maximum Gasteiger partial charge on any atom is 0.410 e. The van der Waals surface area contributed by atoms with Gasteiger partial charge in [-0.2, -0.15) is 0 Å². The number of rotatable bonds is 2. The first-order valence-corrected chi connectivity index (χ1v) is 10.6. The Bertz CT molecular complexity index is 939. The van der Waals surface area contributed by atoms with E-state index in [0.717, 1.165) is 29.8 Å². The van der Waals surface area contributed by atoms with Crippen LogP contribution in [0.25, 0.3) is 0 Å². The van der Waals surface area contributed by atoms with Crippen LogP contribution in [0.2, 0.25) is 5.02 Å². The van der Waals surface area contributed by atoms with Crippen molar-refractivity contribution in [2.45, 2.75) is 63.5 Å². The van der Waals surface area contributed by atoms with E-state index in [0.29, 0.717) is 13.0 Å². The lowest BCUT2D eigenvalue weighted by Crippen LogP contribution is -2.50. The molecule has 2 unspecified atom stereocenters. The number of aryl methyl sites for hydroxylation is 1. The third-order valence-corrected chi connectivity index (χ3v) is 6.38. The molecule has 0 aromatic heterocycles. The van der Waals surface area contributed by atoms with E-state index in [4.69, 9.17) is 16.3 Å². The monoisotopic (exact) mass is 415 g/mol. The Hall–Kier alpha value is -2.07. The van der Waals surface area contributed by atoms with Crippen molar-refractivity contribution in [1.82, 2.24) is 4.90 Å². The van der Waals surface area contributed by atoms with Crippen LogP contribution in [-0.2, 0) is 23.0 Å². The first-order valence-electron chi connectivity index (χ1n) is 10.2. The maximum absolute atomic E-state index is 13.9. The van der Waals surface area contributed by atoms with Crippen molar-refractivity contribution in [3.05, 3.63) is 70.0 Å². The molecule has 0 radical (unpaired) electrons. The van der Waals surface area contributed by atoms with E-state index in [1.54, 1.807) is 12.1 Å². The third kappa shape index (κ3) is 3.87. The van der Waals surface area contributed by atoms with Gasteiger partial charge in [0.15, 0.2) is 0 Å². The second kappa shape index (κ2) is 7.32. The Balaban J connectivity index is 1.75. The number of nitrogens with zero attached hydrogens (tertiary/aromatic N) is 1. The van der Waals surface area contributed by atoms with Crippen molar-refractivity contribution in [2.75, 3.05) is 6.54 Å². The van der Waals surface area contributed by atoms with Crippen molar-refractivity contribution in [2.24, 2.45) is 0 Å². The number of halogens is 2. The van der Waals surface area contributed by atoms with E-state index in [-0.39, 0.29) is 23.4 Å². The Morgan fingerprint density at radius 3 is 2.79 bits per heavy atom. The van der Waals surface area contributed by atoms with Crippen LogP contribution in [0, 0.1) is 5.82 Å². The molecule has 3 nitrogen and oxygen atoms in total. The molecular weight excluding hydrogens is 389 g/mol. The Morgan fingerprint density at radius 2 is 2.07 bits per heavy atom. The summed E-state index contributed by atoms with van der Waals surface area (Å²) in [7, 11) is 0. The minimum Gasteiger partial charge on any atom is -0.444 e. The van der Waals surface area contributed by atoms with E-state index in [2.05, 4.69) is 6.07 Å². The summed E-state index contributed by atoms with van der Waals surface area (Å²) < 4.78 is 19.6. The number of likely N-dealkylation sites (tertiary alicyclic amines) is 1. The molecule has 1 fully saturated rings. The molecule has 0 saturated carbocycles. The SMILES string of the molecule is CC(C)(C)OC(=O)N1CCC2(Cc3cccc(F)c3)c3ccc(Cl)cc3CCC12. The molecule has 2 aromatic rings. The Morgan fingerprint density at radius 1 is 1.28 bits per heavy atom. The predicted octanol–water partition coefficient (Wildman–Crippen LogP) is 5.92. The minimum absolute atomic E-state index is 0.0225. The van der Waals surface area contributed by atoms with Gasteiger partial charge in [0, 0.05) is 23.0 Å². The van der Waals surface area contributed by atoms with Gasteiger partial charge in [0.2, 0.25) is 0 Å². The van der Waals surface area contributed by atoms with Crippen molar-refractivity contribution in [3.8, 4) is 0 Å². The highest BCUT2D eigenvalue weighted by Gasteiger charge is 2.53. The summed E-state index contributed by atoms with van der Waals surface area (Å²) in [5.41, 5.74) is 2.61. The zero-order valence-electron chi connectivity index (χ0n) is 17.2. The second-order valence-corrected chi connectivity index (χ2v) is 9.68. The number of fused-ring (bicyclic) bond motifs is 3. The van der Waals surface area contributed by atoms with Gasteiger partial charge < -0.3 is 9.64 Å².